The minimum atomic E-state index is -4.88. The van der Waals surface area contributed by atoms with Crippen LogP contribution in [0.5, 0.6) is 5.75 Å². The molecular weight excluding hydrogens is 652 g/mol. The second-order valence-corrected chi connectivity index (χ2v) is 12.3. The lowest BCUT2D eigenvalue weighted by atomic mass is 10.0. The molecule has 2 aromatic carbocycles. The summed E-state index contributed by atoms with van der Waals surface area (Å²) in [4.78, 5) is 18.4. The van der Waals surface area contributed by atoms with Gasteiger partial charge in [0, 0.05) is 40.6 Å². The van der Waals surface area contributed by atoms with E-state index in [1.807, 2.05) is 11.8 Å². The number of thiazole rings is 1. The molecule has 0 radical (unpaired) electrons. The molecule has 2 fully saturated rings. The van der Waals surface area contributed by atoms with Gasteiger partial charge in [-0.15, -0.1) is 24.5 Å². The molecule has 4 aromatic rings. The van der Waals surface area contributed by atoms with Crippen LogP contribution < -0.4 is 9.64 Å². The number of halogens is 6. The molecule has 250 valence electrons. The maximum Gasteiger partial charge on any atom is 0.573 e. The molecule has 6 rings (SSSR count). The summed E-state index contributed by atoms with van der Waals surface area (Å²) in [6.45, 7) is 2.56. The molecule has 0 bridgehead atoms. The van der Waals surface area contributed by atoms with Crippen LogP contribution in [0.1, 0.15) is 65.8 Å². The van der Waals surface area contributed by atoms with E-state index in [1.54, 1.807) is 11.4 Å². The van der Waals surface area contributed by atoms with Gasteiger partial charge in [0.25, 0.3) is 0 Å². The molecule has 8 nitrogen and oxygen atoms in total. The van der Waals surface area contributed by atoms with Crippen molar-refractivity contribution in [1.82, 2.24) is 10.1 Å². The van der Waals surface area contributed by atoms with Gasteiger partial charge in [-0.25, -0.2) is 9.78 Å². The molecule has 2 aliphatic rings. The summed E-state index contributed by atoms with van der Waals surface area (Å²) in [5, 5.41) is 6.23. The fourth-order valence-electron chi connectivity index (χ4n) is 5.75. The molecule has 0 spiro atoms. The number of nitrogens with zero attached hydrogens (tertiary/aromatic N) is 3. The van der Waals surface area contributed by atoms with Crippen molar-refractivity contribution < 1.29 is 49.9 Å². The van der Waals surface area contributed by atoms with E-state index in [2.05, 4.69) is 19.6 Å². The highest BCUT2D eigenvalue weighted by atomic mass is 32.1. The van der Waals surface area contributed by atoms with E-state index < -0.39 is 24.1 Å². The van der Waals surface area contributed by atoms with Crippen LogP contribution in [-0.4, -0.2) is 48.3 Å². The Morgan fingerprint density at radius 3 is 2.51 bits per heavy atom. The summed E-state index contributed by atoms with van der Waals surface area (Å²) in [5.74, 6) is -0.534. The molecule has 47 heavy (non-hydrogen) atoms. The monoisotopic (exact) mass is 681 g/mol. The number of carbonyl (C=O) groups is 1. The fourth-order valence-corrected chi connectivity index (χ4v) is 6.70. The van der Waals surface area contributed by atoms with Crippen molar-refractivity contribution in [3.05, 3.63) is 70.3 Å². The summed E-state index contributed by atoms with van der Waals surface area (Å²) >= 11 is 1.22. The molecule has 2 atom stereocenters. The van der Waals surface area contributed by atoms with Crippen molar-refractivity contribution in [1.29, 1.82) is 0 Å². The number of rotatable bonds is 9. The van der Waals surface area contributed by atoms with Gasteiger partial charge in [-0.05, 0) is 56.9 Å². The zero-order chi connectivity index (χ0) is 33.5. The lowest BCUT2D eigenvalue weighted by Gasteiger charge is -2.37. The second-order valence-electron chi connectivity index (χ2n) is 11.5. The maximum atomic E-state index is 13.9. The number of esters is 1. The Kier molecular flexibility index (Phi) is 8.96. The third kappa shape index (κ3) is 7.25. The number of carbonyl (C=O) groups excluding carboxylic acids is 1. The molecule has 1 aliphatic heterocycles. The molecular formula is C32H29F6N3O5S. The summed E-state index contributed by atoms with van der Waals surface area (Å²) in [5.41, 5.74) is -0.219. The van der Waals surface area contributed by atoms with E-state index in [9.17, 15) is 31.1 Å². The van der Waals surface area contributed by atoms with E-state index in [-0.39, 0.29) is 58.5 Å². The number of anilines is 1. The molecule has 0 N–H and O–H groups in total. The number of benzene rings is 2. The first-order chi connectivity index (χ1) is 22.3. The normalized spacial score (nSPS) is 18.8. The largest absolute Gasteiger partial charge is 0.573 e. The van der Waals surface area contributed by atoms with Crippen molar-refractivity contribution in [2.24, 2.45) is 0 Å². The van der Waals surface area contributed by atoms with Gasteiger partial charge in [-0.1, -0.05) is 23.4 Å². The van der Waals surface area contributed by atoms with Gasteiger partial charge in [0.05, 0.1) is 36.6 Å². The number of piperidine rings is 1. The topological polar surface area (TPSA) is 86.9 Å². The molecule has 1 saturated heterocycles. The summed E-state index contributed by atoms with van der Waals surface area (Å²) in [7, 11) is 1.10. The average molecular weight is 682 g/mol. The Labute approximate surface area is 269 Å². The molecule has 0 amide bonds. The molecule has 2 aromatic heterocycles. The predicted octanol–water partition coefficient (Wildman–Crippen LogP) is 8.62. The number of ether oxygens (including phenoxy) is 3. The van der Waals surface area contributed by atoms with Gasteiger partial charge in [0.15, 0.2) is 5.13 Å². The van der Waals surface area contributed by atoms with Gasteiger partial charge >= 0.3 is 18.5 Å². The van der Waals surface area contributed by atoms with Crippen molar-refractivity contribution in [2.45, 2.75) is 69.8 Å². The number of hydrogen-bond acceptors (Lipinski definition) is 9. The Morgan fingerprint density at radius 2 is 1.83 bits per heavy atom. The molecule has 1 saturated carbocycles. The van der Waals surface area contributed by atoms with Crippen molar-refractivity contribution in [3.8, 4) is 28.3 Å². The predicted molar refractivity (Wildman–Crippen MR) is 159 cm³/mol. The first-order valence-electron chi connectivity index (χ1n) is 14.8. The number of para-hydroxylation sites is 1. The lowest BCUT2D eigenvalue weighted by Crippen LogP contribution is -2.43. The van der Waals surface area contributed by atoms with Crippen LogP contribution in [0.2, 0.25) is 0 Å². The fraction of sp³-hybridized carbons (Fsp3) is 0.406. The molecule has 0 unspecified atom stereocenters. The van der Waals surface area contributed by atoms with E-state index in [0.717, 1.165) is 26.0 Å². The maximum absolute atomic E-state index is 13.9. The van der Waals surface area contributed by atoms with E-state index >= 15 is 0 Å². The quantitative estimate of drug-likeness (QED) is 0.128. The number of hydrogen-bond donors (Lipinski definition) is 0. The third-order valence-electron chi connectivity index (χ3n) is 8.19. The van der Waals surface area contributed by atoms with Gasteiger partial charge in [0.2, 0.25) is 0 Å². The summed E-state index contributed by atoms with van der Waals surface area (Å²) < 4.78 is 102. The molecule has 15 heteroatoms. The first-order valence-corrected chi connectivity index (χ1v) is 15.7. The summed E-state index contributed by atoms with van der Waals surface area (Å²) in [6.07, 6.45) is -6.89. The molecule has 1 aliphatic carbocycles. The van der Waals surface area contributed by atoms with Crippen molar-refractivity contribution in [3.63, 3.8) is 0 Å². The minimum Gasteiger partial charge on any atom is -0.465 e. The highest BCUT2D eigenvalue weighted by Crippen LogP contribution is 2.46. The van der Waals surface area contributed by atoms with Crippen LogP contribution in [-0.2, 0) is 22.3 Å². The second kappa shape index (κ2) is 12.8. The Bertz CT molecular complexity index is 1750. The average Bonchev–Trinajstić information content (AvgIpc) is 3.59. The smallest absolute Gasteiger partial charge is 0.465 e. The Morgan fingerprint density at radius 1 is 1.06 bits per heavy atom. The zero-order valence-corrected chi connectivity index (χ0v) is 26.0. The van der Waals surface area contributed by atoms with Gasteiger partial charge in [-0.2, -0.15) is 13.2 Å². The summed E-state index contributed by atoms with van der Waals surface area (Å²) in [6, 6.07) is 8.94. The van der Waals surface area contributed by atoms with Crippen molar-refractivity contribution >= 4 is 22.4 Å². The number of aromatic nitrogens is 2. The minimum absolute atomic E-state index is 0.0750. The van der Waals surface area contributed by atoms with E-state index in [4.69, 9.17) is 9.26 Å². The van der Waals surface area contributed by atoms with Crippen LogP contribution in [0, 0.1) is 0 Å². The number of methoxy groups -OCH3 is 1. The van der Waals surface area contributed by atoms with Crippen molar-refractivity contribution in [2.75, 3.05) is 18.6 Å². The van der Waals surface area contributed by atoms with Gasteiger partial charge in [0.1, 0.15) is 17.2 Å². The number of alkyl halides is 6. The third-order valence-corrected chi connectivity index (χ3v) is 9.06. The standard InChI is InChI=1S/C32H29F6N3O5S/c1-17-13-20(44-15-23-27(40-46-28(23)18-7-8-18)22-5-3-4-6-26(22)45-32(36,37)38)11-12-41(17)30-39-25(16-47-30)21-10-9-19(29(42)43-2)14-24(21)31(33,34)35/h3-6,9-10,14,16-18,20H,7-8,11-13,15H2,1-2H3/t17-,20-/m1/s1. The highest BCUT2D eigenvalue weighted by Gasteiger charge is 2.38. The Hall–Kier alpha value is -4.11. The Balaban J connectivity index is 1.16. The lowest BCUT2D eigenvalue weighted by molar-refractivity contribution is -0.274. The van der Waals surface area contributed by atoms with E-state index in [0.29, 0.717) is 35.8 Å². The van der Waals surface area contributed by atoms with Gasteiger partial charge in [-0.3, -0.25) is 0 Å². The zero-order valence-electron chi connectivity index (χ0n) is 25.2. The van der Waals surface area contributed by atoms with Crippen LogP contribution in [0.25, 0.3) is 22.5 Å². The van der Waals surface area contributed by atoms with Crippen LogP contribution in [0.4, 0.5) is 31.5 Å². The van der Waals surface area contributed by atoms with Crippen LogP contribution in [0.15, 0.2) is 52.4 Å². The van der Waals surface area contributed by atoms with Crippen LogP contribution in [0.3, 0.4) is 0 Å². The first kappa shape index (κ1) is 32.8. The SMILES string of the molecule is COC(=O)c1ccc(-c2csc(N3CC[C@@H](OCc4c(-c5ccccc5OC(F)(F)F)noc4C4CC4)C[C@H]3C)n2)c(C(F)(F)F)c1. The van der Waals surface area contributed by atoms with Gasteiger partial charge < -0.3 is 23.6 Å². The highest BCUT2D eigenvalue weighted by molar-refractivity contribution is 7.14. The van der Waals surface area contributed by atoms with E-state index in [1.165, 1.54) is 41.7 Å². The molecule has 3 heterocycles. The van der Waals surface area contributed by atoms with Crippen LogP contribution >= 0.6 is 11.3 Å².